The molecule has 3 nitrogen and oxygen atoms in total. The lowest BCUT2D eigenvalue weighted by atomic mass is 10.2. The highest BCUT2D eigenvalue weighted by Crippen LogP contribution is 2.38. The molecule has 1 saturated heterocycles. The van der Waals surface area contributed by atoms with Crippen LogP contribution in [-0.2, 0) is 4.79 Å². The molecule has 0 aromatic heterocycles. The Morgan fingerprint density at radius 2 is 2.00 bits per heavy atom. The van der Waals surface area contributed by atoms with Crippen molar-refractivity contribution in [3.8, 4) is 18.1 Å². The summed E-state index contributed by atoms with van der Waals surface area (Å²) in [6, 6.07) is 9.19. The zero-order chi connectivity index (χ0) is 20.4. The summed E-state index contributed by atoms with van der Waals surface area (Å²) in [7, 11) is 0. The van der Waals surface area contributed by atoms with Crippen LogP contribution >= 0.6 is 96.7 Å². The first-order valence-corrected chi connectivity index (χ1v) is 12.2. The van der Waals surface area contributed by atoms with Gasteiger partial charge in [-0.2, -0.15) is 0 Å². The number of carbonyl (C=O) groups is 1. The highest BCUT2D eigenvalue weighted by Gasteiger charge is 2.33. The Labute approximate surface area is 213 Å². The molecule has 0 spiro atoms. The van der Waals surface area contributed by atoms with Crippen LogP contribution in [0.1, 0.15) is 5.56 Å². The minimum atomic E-state index is -0.175. The summed E-state index contributed by atoms with van der Waals surface area (Å²) in [5, 5.41) is 0.516. The molecule has 1 aliphatic rings. The first-order valence-electron chi connectivity index (χ1n) is 7.60. The van der Waals surface area contributed by atoms with Crippen molar-refractivity contribution in [2.45, 2.75) is 0 Å². The van der Waals surface area contributed by atoms with Gasteiger partial charge in [-0.1, -0.05) is 41.5 Å². The van der Waals surface area contributed by atoms with Crippen LogP contribution in [0.2, 0.25) is 5.02 Å². The zero-order valence-corrected chi connectivity index (χ0v) is 22.1. The predicted octanol–water partition coefficient (Wildman–Crippen LogP) is 6.73. The molecule has 1 fully saturated rings. The minimum absolute atomic E-state index is 0.175. The van der Waals surface area contributed by atoms with Crippen LogP contribution in [0.5, 0.6) is 5.75 Å². The van der Waals surface area contributed by atoms with Gasteiger partial charge in [-0.3, -0.25) is 9.69 Å². The van der Waals surface area contributed by atoms with Crippen LogP contribution in [0.3, 0.4) is 0 Å². The van der Waals surface area contributed by atoms with E-state index in [-0.39, 0.29) is 12.5 Å². The number of terminal acetylenes is 1. The Morgan fingerprint density at radius 1 is 1.32 bits per heavy atom. The summed E-state index contributed by atoms with van der Waals surface area (Å²) < 4.78 is 8.65. The highest BCUT2D eigenvalue weighted by molar-refractivity contribution is 14.1. The molecule has 9 heteroatoms. The lowest BCUT2D eigenvalue weighted by Crippen LogP contribution is -2.27. The Balaban J connectivity index is 1.91. The summed E-state index contributed by atoms with van der Waals surface area (Å²) >= 11 is 20.6. The van der Waals surface area contributed by atoms with Crippen molar-refractivity contribution in [2.24, 2.45) is 0 Å². The van der Waals surface area contributed by atoms with Gasteiger partial charge in [0.05, 0.1) is 22.8 Å². The molecule has 1 amide bonds. The molecule has 3 rings (SSSR count). The van der Waals surface area contributed by atoms with Gasteiger partial charge in [0, 0.05) is 4.47 Å². The smallest absolute Gasteiger partial charge is 0.270 e. The quantitative estimate of drug-likeness (QED) is 0.152. The van der Waals surface area contributed by atoms with E-state index in [1.807, 2.05) is 18.2 Å². The van der Waals surface area contributed by atoms with Gasteiger partial charge in [0.25, 0.3) is 5.91 Å². The minimum Gasteiger partial charge on any atom is -0.479 e. The number of halogens is 4. The molecule has 0 N–H and O–H groups in total. The van der Waals surface area contributed by atoms with Crippen molar-refractivity contribution < 1.29 is 9.53 Å². The van der Waals surface area contributed by atoms with E-state index in [1.165, 1.54) is 16.7 Å². The maximum absolute atomic E-state index is 12.9. The van der Waals surface area contributed by atoms with Crippen LogP contribution in [0, 0.1) is 19.5 Å². The molecule has 0 aliphatic carbocycles. The van der Waals surface area contributed by atoms with Gasteiger partial charge < -0.3 is 4.74 Å². The second kappa shape index (κ2) is 9.66. The Morgan fingerprint density at radius 3 is 2.61 bits per heavy atom. The lowest BCUT2D eigenvalue weighted by Gasteiger charge is -2.15. The number of thioether (sulfide) groups is 1. The predicted molar refractivity (Wildman–Crippen MR) is 141 cm³/mol. The van der Waals surface area contributed by atoms with Gasteiger partial charge in [-0.15, -0.1) is 6.42 Å². The van der Waals surface area contributed by atoms with Crippen molar-refractivity contribution in [2.75, 3.05) is 11.5 Å². The maximum Gasteiger partial charge on any atom is 0.270 e. The fraction of sp³-hybridized carbons (Fsp3) is 0.0526. The van der Waals surface area contributed by atoms with E-state index in [0.29, 0.717) is 19.9 Å². The molecule has 0 radical (unpaired) electrons. The first kappa shape index (κ1) is 22.4. The van der Waals surface area contributed by atoms with E-state index >= 15 is 0 Å². The third-order valence-electron chi connectivity index (χ3n) is 3.57. The van der Waals surface area contributed by atoms with Crippen molar-refractivity contribution in [3.05, 3.63) is 57.4 Å². The topological polar surface area (TPSA) is 29.5 Å². The maximum atomic E-state index is 12.9. The Bertz CT molecular complexity index is 1050. The Kier molecular flexibility index (Phi) is 7.72. The standard InChI is InChI=1S/C19H9BrClI2NO2S2/c1-2-5-26-17-14(22)6-10(7-15(17)23)8-16-18(25)24(19(27)28-16)11-3-4-12(20)13(21)9-11/h1,3-4,6-9H,5H2/b16-8-. The zero-order valence-electron chi connectivity index (χ0n) is 13.8. The molecule has 2 aromatic rings. The molecular formula is C19H9BrClI2NO2S2. The largest absolute Gasteiger partial charge is 0.479 e. The van der Waals surface area contributed by atoms with Crippen molar-refractivity contribution >= 4 is 119 Å². The summed E-state index contributed by atoms with van der Waals surface area (Å²) in [5.41, 5.74) is 1.53. The van der Waals surface area contributed by atoms with Crippen molar-refractivity contribution in [3.63, 3.8) is 0 Å². The van der Waals surface area contributed by atoms with Gasteiger partial charge >= 0.3 is 0 Å². The molecule has 28 heavy (non-hydrogen) atoms. The summed E-state index contributed by atoms with van der Waals surface area (Å²) in [6.07, 6.45) is 7.09. The van der Waals surface area contributed by atoms with Gasteiger partial charge in [-0.05, 0) is 103 Å². The summed E-state index contributed by atoms with van der Waals surface area (Å²) in [4.78, 5) is 15.0. The third kappa shape index (κ3) is 4.87. The number of amides is 1. The fourth-order valence-corrected chi connectivity index (χ4v) is 6.23. The van der Waals surface area contributed by atoms with Crippen LogP contribution in [0.15, 0.2) is 39.7 Å². The van der Waals surface area contributed by atoms with Crippen LogP contribution < -0.4 is 9.64 Å². The Hall–Kier alpha value is -0.320. The molecule has 0 bridgehead atoms. The van der Waals surface area contributed by atoms with E-state index in [4.69, 9.17) is 35.0 Å². The molecular weight excluding hydrogens is 708 g/mol. The molecule has 142 valence electrons. The van der Waals surface area contributed by atoms with Crippen molar-refractivity contribution in [1.29, 1.82) is 0 Å². The van der Waals surface area contributed by atoms with Gasteiger partial charge in [0.2, 0.25) is 0 Å². The monoisotopic (exact) mass is 715 g/mol. The normalized spacial score (nSPS) is 15.2. The average molecular weight is 717 g/mol. The highest BCUT2D eigenvalue weighted by atomic mass is 127. The molecule has 1 heterocycles. The van der Waals surface area contributed by atoms with Crippen molar-refractivity contribution in [1.82, 2.24) is 0 Å². The van der Waals surface area contributed by atoms with Crippen LogP contribution in [-0.4, -0.2) is 16.8 Å². The number of nitrogens with zero attached hydrogens (tertiary/aromatic N) is 1. The molecule has 0 unspecified atom stereocenters. The number of rotatable bonds is 4. The number of anilines is 1. The average Bonchev–Trinajstić information content (AvgIpc) is 2.90. The molecule has 0 atom stereocenters. The van der Waals surface area contributed by atoms with E-state index < -0.39 is 0 Å². The number of benzene rings is 2. The van der Waals surface area contributed by atoms with Gasteiger partial charge in [0.15, 0.2) is 4.32 Å². The summed E-state index contributed by atoms with van der Waals surface area (Å²) in [5.74, 6) is 3.03. The molecule has 0 saturated carbocycles. The fourth-order valence-electron chi connectivity index (χ4n) is 2.38. The third-order valence-corrected chi connectivity index (χ3v) is 7.71. The second-order valence-corrected chi connectivity index (χ2v) is 10.7. The molecule has 1 aliphatic heterocycles. The second-order valence-electron chi connectivity index (χ2n) is 5.42. The number of ether oxygens (including phenoxy) is 1. The van der Waals surface area contributed by atoms with Crippen LogP contribution in [0.4, 0.5) is 5.69 Å². The number of carbonyl (C=O) groups excluding carboxylic acids is 1. The van der Waals surface area contributed by atoms with E-state index in [9.17, 15) is 4.79 Å². The summed E-state index contributed by atoms with van der Waals surface area (Å²) in [6.45, 7) is 0.208. The van der Waals surface area contributed by atoms with E-state index in [2.05, 4.69) is 67.0 Å². The number of hydrogen-bond acceptors (Lipinski definition) is 4. The van der Waals surface area contributed by atoms with E-state index in [1.54, 1.807) is 18.2 Å². The number of hydrogen-bond donors (Lipinski definition) is 0. The molecule has 2 aromatic carbocycles. The van der Waals surface area contributed by atoms with E-state index in [0.717, 1.165) is 22.9 Å². The van der Waals surface area contributed by atoms with Gasteiger partial charge in [-0.25, -0.2) is 0 Å². The SMILES string of the molecule is C#CCOc1c(I)cc(/C=C2\SC(=S)N(c3ccc(Br)c(Cl)c3)C2=O)cc1I. The lowest BCUT2D eigenvalue weighted by molar-refractivity contribution is -0.113. The number of thiocarbonyl (C=S) groups is 1. The first-order chi connectivity index (χ1) is 13.3. The van der Waals surface area contributed by atoms with Crippen LogP contribution in [0.25, 0.3) is 6.08 Å². The van der Waals surface area contributed by atoms with Gasteiger partial charge in [0.1, 0.15) is 12.4 Å².